The van der Waals surface area contributed by atoms with E-state index in [1.807, 2.05) is 19.9 Å². The Morgan fingerprint density at radius 3 is 2.55 bits per heavy atom. The summed E-state index contributed by atoms with van der Waals surface area (Å²) in [5.41, 5.74) is 8.80. The van der Waals surface area contributed by atoms with Gasteiger partial charge in [-0.05, 0) is 55.9 Å². The average Bonchev–Trinajstić information content (AvgIpc) is 2.42. The van der Waals surface area contributed by atoms with E-state index in [4.69, 9.17) is 5.73 Å². The topological polar surface area (TPSA) is 29.3 Å². The summed E-state index contributed by atoms with van der Waals surface area (Å²) in [6.45, 7) is 8.14. The van der Waals surface area contributed by atoms with Crippen LogP contribution in [0.3, 0.4) is 0 Å². The molecule has 0 aromatic heterocycles. The first-order chi connectivity index (χ1) is 9.52. The van der Waals surface area contributed by atoms with Crippen molar-refractivity contribution in [1.82, 2.24) is 0 Å². The quantitative estimate of drug-likeness (QED) is 0.895. The lowest BCUT2D eigenvalue weighted by Gasteiger charge is -2.35. The lowest BCUT2D eigenvalue weighted by molar-refractivity contribution is 0.378. The zero-order valence-corrected chi connectivity index (χ0v) is 13.0. The van der Waals surface area contributed by atoms with E-state index in [1.165, 1.54) is 25.7 Å². The van der Waals surface area contributed by atoms with Crippen molar-refractivity contribution in [2.24, 2.45) is 11.7 Å². The van der Waals surface area contributed by atoms with Gasteiger partial charge in [-0.2, -0.15) is 0 Å². The minimum atomic E-state index is -0.151. The molecule has 1 aromatic carbocycles. The molecule has 2 N–H and O–H groups in total. The molecule has 1 fully saturated rings. The highest BCUT2D eigenvalue weighted by Crippen LogP contribution is 2.32. The zero-order valence-electron chi connectivity index (χ0n) is 13.0. The summed E-state index contributed by atoms with van der Waals surface area (Å²) in [4.78, 5) is 2.39. The SMILES string of the molecule is CCCC1CCN(c2cc(C)c(F)cc2[C@@H](C)N)CC1. The number of hydrogen-bond donors (Lipinski definition) is 1. The molecule has 0 amide bonds. The number of aryl methyl sites for hydroxylation is 1. The van der Waals surface area contributed by atoms with Gasteiger partial charge < -0.3 is 10.6 Å². The van der Waals surface area contributed by atoms with Crippen LogP contribution in [0.4, 0.5) is 10.1 Å². The highest BCUT2D eigenvalue weighted by atomic mass is 19.1. The minimum Gasteiger partial charge on any atom is -0.371 e. The average molecular weight is 278 g/mol. The monoisotopic (exact) mass is 278 g/mol. The predicted molar refractivity (Wildman–Crippen MR) is 83.6 cm³/mol. The molecule has 1 saturated heterocycles. The third-order valence-corrected chi connectivity index (χ3v) is 4.45. The van der Waals surface area contributed by atoms with E-state index in [2.05, 4.69) is 11.8 Å². The third kappa shape index (κ3) is 3.32. The number of rotatable bonds is 4. The van der Waals surface area contributed by atoms with E-state index in [1.54, 1.807) is 6.07 Å². The number of halogens is 1. The van der Waals surface area contributed by atoms with Gasteiger partial charge in [-0.3, -0.25) is 0 Å². The predicted octanol–water partition coefficient (Wildman–Crippen LogP) is 4.17. The van der Waals surface area contributed by atoms with E-state index >= 15 is 0 Å². The molecular weight excluding hydrogens is 251 g/mol. The van der Waals surface area contributed by atoms with Crippen LogP contribution in [0.5, 0.6) is 0 Å². The lowest BCUT2D eigenvalue weighted by atomic mass is 9.91. The molecule has 1 aliphatic heterocycles. The summed E-state index contributed by atoms with van der Waals surface area (Å²) in [5.74, 6) is 0.707. The lowest BCUT2D eigenvalue weighted by Crippen LogP contribution is -2.34. The number of piperidine rings is 1. The van der Waals surface area contributed by atoms with Crippen molar-refractivity contribution >= 4 is 5.69 Å². The Bertz CT molecular complexity index is 449. The number of nitrogens with zero attached hydrogens (tertiary/aromatic N) is 1. The first kappa shape index (κ1) is 15.3. The van der Waals surface area contributed by atoms with Gasteiger partial charge in [0.1, 0.15) is 5.82 Å². The van der Waals surface area contributed by atoms with Crippen molar-refractivity contribution < 1.29 is 4.39 Å². The van der Waals surface area contributed by atoms with Crippen LogP contribution in [0.25, 0.3) is 0 Å². The first-order valence-corrected chi connectivity index (χ1v) is 7.83. The maximum Gasteiger partial charge on any atom is 0.126 e. The Morgan fingerprint density at radius 1 is 1.35 bits per heavy atom. The molecular formula is C17H27FN2. The van der Waals surface area contributed by atoms with Crippen LogP contribution in [-0.4, -0.2) is 13.1 Å². The van der Waals surface area contributed by atoms with Gasteiger partial charge in [-0.15, -0.1) is 0 Å². The van der Waals surface area contributed by atoms with Crippen molar-refractivity contribution in [2.45, 2.75) is 52.5 Å². The van der Waals surface area contributed by atoms with Crippen molar-refractivity contribution in [3.63, 3.8) is 0 Å². The summed E-state index contributed by atoms with van der Waals surface area (Å²) in [6.07, 6.45) is 5.08. The molecule has 0 bridgehead atoms. The van der Waals surface area contributed by atoms with E-state index in [0.29, 0.717) is 5.56 Å². The molecule has 0 saturated carbocycles. The van der Waals surface area contributed by atoms with Crippen molar-refractivity contribution in [1.29, 1.82) is 0 Å². The third-order valence-electron chi connectivity index (χ3n) is 4.45. The zero-order chi connectivity index (χ0) is 14.7. The molecule has 112 valence electrons. The van der Waals surface area contributed by atoms with Crippen LogP contribution in [0.1, 0.15) is 56.7 Å². The second-order valence-corrected chi connectivity index (χ2v) is 6.17. The Labute approximate surface area is 122 Å². The molecule has 1 heterocycles. The molecule has 0 radical (unpaired) electrons. The fraction of sp³-hybridized carbons (Fsp3) is 0.647. The van der Waals surface area contributed by atoms with Gasteiger partial charge in [0, 0.05) is 24.8 Å². The second kappa shape index (κ2) is 6.57. The van der Waals surface area contributed by atoms with Gasteiger partial charge in [0.15, 0.2) is 0 Å². The second-order valence-electron chi connectivity index (χ2n) is 6.17. The van der Waals surface area contributed by atoms with E-state index in [0.717, 1.165) is 30.3 Å². The van der Waals surface area contributed by atoms with E-state index < -0.39 is 0 Å². The summed E-state index contributed by atoms with van der Waals surface area (Å²) in [7, 11) is 0. The maximum atomic E-state index is 13.8. The first-order valence-electron chi connectivity index (χ1n) is 7.83. The van der Waals surface area contributed by atoms with E-state index in [-0.39, 0.29) is 11.9 Å². The van der Waals surface area contributed by atoms with Gasteiger partial charge >= 0.3 is 0 Å². The van der Waals surface area contributed by atoms with Crippen LogP contribution in [-0.2, 0) is 0 Å². The minimum absolute atomic E-state index is 0.131. The van der Waals surface area contributed by atoms with Crippen LogP contribution in [0.2, 0.25) is 0 Å². The molecule has 20 heavy (non-hydrogen) atoms. The van der Waals surface area contributed by atoms with Crippen molar-refractivity contribution in [3.05, 3.63) is 29.1 Å². The Hall–Kier alpha value is -1.09. The summed E-state index contributed by atoms with van der Waals surface area (Å²) in [5, 5.41) is 0. The molecule has 1 aliphatic rings. The van der Waals surface area contributed by atoms with Crippen LogP contribution < -0.4 is 10.6 Å². The molecule has 0 spiro atoms. The summed E-state index contributed by atoms with van der Waals surface area (Å²) in [6, 6.07) is 3.45. The number of anilines is 1. The van der Waals surface area contributed by atoms with E-state index in [9.17, 15) is 4.39 Å². The number of benzene rings is 1. The molecule has 1 aromatic rings. The maximum absolute atomic E-state index is 13.8. The van der Waals surface area contributed by atoms with Gasteiger partial charge in [0.25, 0.3) is 0 Å². The van der Waals surface area contributed by atoms with Crippen LogP contribution in [0, 0.1) is 18.7 Å². The molecule has 0 aliphatic carbocycles. The highest BCUT2D eigenvalue weighted by Gasteiger charge is 2.22. The van der Waals surface area contributed by atoms with Crippen LogP contribution in [0.15, 0.2) is 12.1 Å². The van der Waals surface area contributed by atoms with Crippen LogP contribution >= 0.6 is 0 Å². The van der Waals surface area contributed by atoms with Gasteiger partial charge in [0.05, 0.1) is 0 Å². The van der Waals surface area contributed by atoms with Crippen molar-refractivity contribution in [2.75, 3.05) is 18.0 Å². The largest absolute Gasteiger partial charge is 0.371 e. The smallest absolute Gasteiger partial charge is 0.126 e. The van der Waals surface area contributed by atoms with Crippen molar-refractivity contribution in [3.8, 4) is 0 Å². The molecule has 2 nitrogen and oxygen atoms in total. The standard InChI is InChI=1S/C17H27FN2/c1-4-5-14-6-8-20(9-7-14)17-10-12(2)16(18)11-15(17)13(3)19/h10-11,13-14H,4-9,19H2,1-3H3/t13-/m1/s1. The molecule has 0 unspecified atom stereocenters. The molecule has 2 rings (SSSR count). The normalized spacial score (nSPS) is 18.4. The fourth-order valence-corrected chi connectivity index (χ4v) is 3.19. The highest BCUT2D eigenvalue weighted by molar-refractivity contribution is 5.57. The van der Waals surface area contributed by atoms with Gasteiger partial charge in [0.2, 0.25) is 0 Å². The Kier molecular flexibility index (Phi) is 5.03. The number of hydrogen-bond acceptors (Lipinski definition) is 2. The molecule has 1 atom stereocenters. The van der Waals surface area contributed by atoms with Gasteiger partial charge in [-0.25, -0.2) is 4.39 Å². The summed E-state index contributed by atoms with van der Waals surface area (Å²) >= 11 is 0. The summed E-state index contributed by atoms with van der Waals surface area (Å²) < 4.78 is 13.8. The Balaban J connectivity index is 2.18. The Morgan fingerprint density at radius 2 is 2.00 bits per heavy atom. The molecule has 3 heteroatoms. The fourth-order valence-electron chi connectivity index (χ4n) is 3.19. The van der Waals surface area contributed by atoms with Gasteiger partial charge in [-0.1, -0.05) is 19.8 Å². The number of nitrogens with two attached hydrogens (primary N) is 1.